The highest BCUT2D eigenvalue weighted by Crippen LogP contribution is 2.37. The van der Waals surface area contributed by atoms with Gasteiger partial charge in [-0.15, -0.1) is 0 Å². The monoisotopic (exact) mass is 581 g/mol. The van der Waals surface area contributed by atoms with Gasteiger partial charge in [0.15, 0.2) is 0 Å². The molecule has 1 aliphatic heterocycles. The van der Waals surface area contributed by atoms with Gasteiger partial charge in [0.05, 0.1) is 33.1 Å². The van der Waals surface area contributed by atoms with Gasteiger partial charge >= 0.3 is 18.2 Å². The Labute approximate surface area is 231 Å². The molecule has 2 aromatic carbocycles. The van der Waals surface area contributed by atoms with E-state index < -0.39 is 51.7 Å². The SMILES string of the molecule is CC(C)(C)OC(=O)N1CCc2c(-c3ccc(C(=O)O)cc3F)nn(C(=O)c3c(Cl)cccc3C(F)(F)F)c2CC1. The molecule has 3 aromatic rings. The number of carbonyl (C=O) groups excluding carboxylic acids is 2. The molecule has 1 N–H and O–H groups in total. The number of aromatic carboxylic acids is 1. The van der Waals surface area contributed by atoms with Crippen molar-refractivity contribution in [3.8, 4) is 11.3 Å². The van der Waals surface area contributed by atoms with E-state index in [1.54, 1.807) is 20.8 Å². The summed E-state index contributed by atoms with van der Waals surface area (Å²) in [6, 6.07) is 6.02. The number of rotatable bonds is 3. The van der Waals surface area contributed by atoms with E-state index in [9.17, 15) is 32.7 Å². The van der Waals surface area contributed by atoms with E-state index in [1.807, 2.05) is 0 Å². The molecule has 0 radical (unpaired) electrons. The second-order valence-electron chi connectivity index (χ2n) is 10.1. The van der Waals surface area contributed by atoms with Crippen LogP contribution in [0.2, 0.25) is 5.02 Å². The number of amides is 1. The molecule has 1 aromatic heterocycles. The summed E-state index contributed by atoms with van der Waals surface area (Å²) in [7, 11) is 0. The van der Waals surface area contributed by atoms with Crippen molar-refractivity contribution in [3.63, 3.8) is 0 Å². The predicted octanol–water partition coefficient (Wildman–Crippen LogP) is 6.08. The fourth-order valence-corrected chi connectivity index (χ4v) is 4.68. The maximum absolute atomic E-state index is 15.1. The Morgan fingerprint density at radius 2 is 1.73 bits per heavy atom. The van der Waals surface area contributed by atoms with Gasteiger partial charge in [-0.3, -0.25) is 4.79 Å². The number of fused-ring (bicyclic) bond motifs is 1. The highest BCUT2D eigenvalue weighted by Gasteiger charge is 2.38. The first kappa shape index (κ1) is 29.1. The molecule has 212 valence electrons. The number of nitrogens with zero attached hydrogens (tertiary/aromatic N) is 3. The predicted molar refractivity (Wildman–Crippen MR) is 136 cm³/mol. The van der Waals surface area contributed by atoms with Crippen molar-refractivity contribution in [2.24, 2.45) is 0 Å². The van der Waals surface area contributed by atoms with Gasteiger partial charge in [0, 0.05) is 30.6 Å². The standard InChI is InChI=1S/C27H24ClF4N3O5/c1-26(2,3)40-25(39)34-11-9-16-20(10-12-34)35(23(36)21-17(27(30,31)32)5-4-6-18(21)28)33-22(16)15-8-7-14(24(37)38)13-19(15)29/h4-8,13H,9-12H2,1-3H3,(H,37,38). The first-order valence-electron chi connectivity index (χ1n) is 12.1. The lowest BCUT2D eigenvalue weighted by Crippen LogP contribution is -2.38. The summed E-state index contributed by atoms with van der Waals surface area (Å²) in [5.41, 5.74) is -2.95. The van der Waals surface area contributed by atoms with Crippen LogP contribution in [0.4, 0.5) is 22.4 Å². The smallest absolute Gasteiger partial charge is 0.417 e. The minimum absolute atomic E-state index is 0.0199. The molecule has 4 rings (SSSR count). The van der Waals surface area contributed by atoms with E-state index >= 15 is 4.39 Å². The van der Waals surface area contributed by atoms with Crippen molar-refractivity contribution < 1.29 is 41.8 Å². The Bertz CT molecular complexity index is 1510. The first-order valence-corrected chi connectivity index (χ1v) is 12.5. The minimum Gasteiger partial charge on any atom is -0.478 e. The number of aromatic nitrogens is 2. The quantitative estimate of drug-likeness (QED) is 0.376. The molecule has 1 amide bonds. The molecule has 8 nitrogen and oxygen atoms in total. The van der Waals surface area contributed by atoms with E-state index in [0.29, 0.717) is 5.56 Å². The van der Waals surface area contributed by atoms with Gasteiger partial charge in [-0.2, -0.15) is 23.0 Å². The molecule has 0 aliphatic carbocycles. The van der Waals surface area contributed by atoms with Crippen molar-refractivity contribution in [1.82, 2.24) is 14.7 Å². The van der Waals surface area contributed by atoms with Gasteiger partial charge in [-0.25, -0.2) is 14.0 Å². The Morgan fingerprint density at radius 3 is 2.33 bits per heavy atom. The lowest BCUT2D eigenvalue weighted by atomic mass is 10.0. The number of hydrogen-bond donors (Lipinski definition) is 1. The van der Waals surface area contributed by atoms with Gasteiger partial charge < -0.3 is 14.7 Å². The maximum atomic E-state index is 15.1. The summed E-state index contributed by atoms with van der Waals surface area (Å²) in [6.45, 7) is 5.20. The zero-order chi connectivity index (χ0) is 29.6. The Balaban J connectivity index is 1.86. The van der Waals surface area contributed by atoms with Crippen LogP contribution in [0.5, 0.6) is 0 Å². The van der Waals surface area contributed by atoms with Crippen LogP contribution in [0, 0.1) is 5.82 Å². The van der Waals surface area contributed by atoms with Crippen LogP contribution < -0.4 is 0 Å². The molecule has 13 heteroatoms. The van der Waals surface area contributed by atoms with Crippen molar-refractivity contribution in [3.05, 3.63) is 75.2 Å². The van der Waals surface area contributed by atoms with E-state index in [-0.39, 0.29) is 48.4 Å². The largest absolute Gasteiger partial charge is 0.478 e. The van der Waals surface area contributed by atoms with Crippen LogP contribution in [0.25, 0.3) is 11.3 Å². The van der Waals surface area contributed by atoms with Crippen molar-refractivity contribution in [2.45, 2.75) is 45.4 Å². The third kappa shape index (κ3) is 5.81. The second kappa shape index (κ2) is 10.6. The average molecular weight is 582 g/mol. The molecule has 0 fully saturated rings. The zero-order valence-electron chi connectivity index (χ0n) is 21.6. The Morgan fingerprint density at radius 1 is 1.05 bits per heavy atom. The molecule has 1 aliphatic rings. The number of carboxylic acids is 1. The second-order valence-corrected chi connectivity index (χ2v) is 10.5. The molecule has 0 unspecified atom stereocenters. The number of benzene rings is 2. The number of hydrogen-bond acceptors (Lipinski definition) is 5. The van der Waals surface area contributed by atoms with Crippen LogP contribution in [0.1, 0.15) is 58.3 Å². The number of alkyl halides is 3. The van der Waals surface area contributed by atoms with Gasteiger partial charge in [-0.1, -0.05) is 17.7 Å². The molecule has 0 saturated carbocycles. The number of carboxylic acid groups (broad SMARTS) is 1. The highest BCUT2D eigenvalue weighted by molar-refractivity contribution is 6.34. The number of carbonyl (C=O) groups is 3. The summed E-state index contributed by atoms with van der Waals surface area (Å²) in [5, 5.41) is 13.0. The topological polar surface area (TPSA) is 102 Å². The zero-order valence-corrected chi connectivity index (χ0v) is 22.4. The van der Waals surface area contributed by atoms with Gasteiger partial charge in [0.25, 0.3) is 5.91 Å². The van der Waals surface area contributed by atoms with Crippen molar-refractivity contribution >= 4 is 29.6 Å². The fraction of sp³-hybridized carbons (Fsp3) is 0.333. The van der Waals surface area contributed by atoms with Crippen LogP contribution in [0.15, 0.2) is 36.4 Å². The number of halogens is 5. The molecule has 0 saturated heterocycles. The number of ether oxygens (including phenoxy) is 1. The van der Waals surface area contributed by atoms with Gasteiger partial charge in [-0.05, 0) is 57.5 Å². The molecule has 0 spiro atoms. The highest BCUT2D eigenvalue weighted by atomic mass is 35.5. The lowest BCUT2D eigenvalue weighted by Gasteiger charge is -2.26. The van der Waals surface area contributed by atoms with Crippen LogP contribution in [-0.2, 0) is 23.8 Å². The van der Waals surface area contributed by atoms with Crippen molar-refractivity contribution in [1.29, 1.82) is 0 Å². The molecule has 0 bridgehead atoms. The summed E-state index contributed by atoms with van der Waals surface area (Å²) in [5.74, 6) is -3.51. The van der Waals surface area contributed by atoms with Crippen LogP contribution in [-0.4, -0.2) is 56.4 Å². The summed E-state index contributed by atoms with van der Waals surface area (Å²) >= 11 is 6.07. The van der Waals surface area contributed by atoms with Gasteiger partial charge in [0.1, 0.15) is 11.4 Å². The summed E-state index contributed by atoms with van der Waals surface area (Å²) < 4.78 is 62.8. The summed E-state index contributed by atoms with van der Waals surface area (Å²) in [6.07, 6.45) is -5.50. The molecule has 2 heterocycles. The van der Waals surface area contributed by atoms with E-state index in [2.05, 4.69) is 5.10 Å². The van der Waals surface area contributed by atoms with E-state index in [1.165, 1.54) is 11.0 Å². The average Bonchev–Trinajstić information content (AvgIpc) is 3.04. The Kier molecular flexibility index (Phi) is 7.68. The van der Waals surface area contributed by atoms with E-state index in [0.717, 1.165) is 35.0 Å². The summed E-state index contributed by atoms with van der Waals surface area (Å²) in [4.78, 5) is 39.0. The maximum Gasteiger partial charge on any atom is 0.417 e. The third-order valence-electron chi connectivity index (χ3n) is 6.19. The van der Waals surface area contributed by atoms with Crippen molar-refractivity contribution in [2.75, 3.05) is 13.1 Å². The third-order valence-corrected chi connectivity index (χ3v) is 6.50. The van der Waals surface area contributed by atoms with Crippen LogP contribution in [0.3, 0.4) is 0 Å². The molecule has 40 heavy (non-hydrogen) atoms. The first-order chi connectivity index (χ1) is 18.6. The Hall–Kier alpha value is -3.93. The lowest BCUT2D eigenvalue weighted by molar-refractivity contribution is -0.137. The molecular weight excluding hydrogens is 558 g/mol. The normalized spacial score (nSPS) is 13.9. The fourth-order valence-electron chi connectivity index (χ4n) is 4.42. The van der Waals surface area contributed by atoms with E-state index in [4.69, 9.17) is 16.3 Å². The van der Waals surface area contributed by atoms with Gasteiger partial charge in [0.2, 0.25) is 0 Å². The molecule has 0 atom stereocenters. The molecular formula is C27H24ClF4N3O5. The minimum atomic E-state index is -4.91. The van der Waals surface area contributed by atoms with Crippen LogP contribution >= 0.6 is 11.6 Å².